The van der Waals surface area contributed by atoms with Gasteiger partial charge in [0.1, 0.15) is 12.3 Å². The number of carbonyl (C=O) groups is 1. The number of carbonyl (C=O) groups excluding carboxylic acids is 1. The molecule has 1 N–H and O–H groups in total. The minimum atomic E-state index is -0.431. The fraction of sp³-hybridized carbons (Fsp3) is 0.320. The van der Waals surface area contributed by atoms with Gasteiger partial charge in [0.2, 0.25) is 0 Å². The Morgan fingerprint density at radius 3 is 2.64 bits per heavy atom. The molecule has 0 fully saturated rings. The quantitative estimate of drug-likeness (QED) is 0.305. The number of benzene rings is 2. The van der Waals surface area contributed by atoms with Gasteiger partial charge in [0.05, 0.1) is 19.8 Å². The average molecular weight is 511 g/mol. The Bertz CT molecular complexity index is 1400. The summed E-state index contributed by atoms with van der Waals surface area (Å²) in [6, 6.07) is 14.9. The Morgan fingerprint density at radius 2 is 1.86 bits per heavy atom. The van der Waals surface area contributed by atoms with Crippen LogP contribution in [0.3, 0.4) is 0 Å². The maximum Gasteiger partial charge on any atom is 0.327 e. The molecule has 0 atom stereocenters. The standard InChI is InChI=1S/C25H27ClN6O4/c1-3-35-20-9-10-22-18(12-20)11-19(25(34)27-22)14-31(13-17-7-5-6-8-21(17)26)15-23-28-29-30-32(23)16-24(33)36-4-2/h5-12H,3-4,13-16H2,1-2H3,(H,27,34). The zero-order chi connectivity index (χ0) is 25.5. The fourth-order valence-electron chi connectivity index (χ4n) is 3.87. The van der Waals surface area contributed by atoms with Gasteiger partial charge in [-0.3, -0.25) is 14.5 Å². The second kappa shape index (κ2) is 11.8. The van der Waals surface area contributed by atoms with Gasteiger partial charge in [-0.1, -0.05) is 29.8 Å². The molecular formula is C25H27ClN6O4. The van der Waals surface area contributed by atoms with Crippen LogP contribution in [0, 0.1) is 0 Å². The SMILES string of the molecule is CCOC(=O)Cn1nnnc1CN(Cc1ccccc1Cl)Cc1cc2cc(OCC)ccc2[nH]c1=O. The van der Waals surface area contributed by atoms with Crippen LogP contribution in [-0.4, -0.2) is 49.3 Å². The number of pyridine rings is 1. The van der Waals surface area contributed by atoms with Crippen molar-refractivity contribution in [1.29, 1.82) is 0 Å². The summed E-state index contributed by atoms with van der Waals surface area (Å²) in [6.07, 6.45) is 0. The van der Waals surface area contributed by atoms with Gasteiger partial charge >= 0.3 is 5.97 Å². The maximum atomic E-state index is 12.9. The summed E-state index contributed by atoms with van der Waals surface area (Å²) < 4.78 is 12.0. The molecule has 2 aromatic heterocycles. The molecule has 2 heterocycles. The summed E-state index contributed by atoms with van der Waals surface area (Å²) >= 11 is 6.43. The van der Waals surface area contributed by atoms with E-state index in [1.807, 2.05) is 60.4 Å². The zero-order valence-corrected chi connectivity index (χ0v) is 20.9. The van der Waals surface area contributed by atoms with E-state index in [1.165, 1.54) is 4.68 Å². The molecule has 0 amide bonds. The van der Waals surface area contributed by atoms with Gasteiger partial charge in [0, 0.05) is 34.6 Å². The first-order valence-corrected chi connectivity index (χ1v) is 12.0. The van der Waals surface area contributed by atoms with E-state index in [4.69, 9.17) is 21.1 Å². The van der Waals surface area contributed by atoms with Crippen LogP contribution >= 0.6 is 11.6 Å². The predicted molar refractivity (Wildman–Crippen MR) is 135 cm³/mol. The highest BCUT2D eigenvalue weighted by Crippen LogP contribution is 2.22. The average Bonchev–Trinajstić information content (AvgIpc) is 3.27. The Hall–Kier alpha value is -3.76. The van der Waals surface area contributed by atoms with Crippen molar-refractivity contribution in [3.8, 4) is 5.75 Å². The van der Waals surface area contributed by atoms with E-state index in [9.17, 15) is 9.59 Å². The highest BCUT2D eigenvalue weighted by atomic mass is 35.5. The number of fused-ring (bicyclic) bond motifs is 1. The Balaban J connectivity index is 1.64. The number of rotatable bonds is 11. The van der Waals surface area contributed by atoms with Crippen molar-refractivity contribution in [3.63, 3.8) is 0 Å². The Kier molecular flexibility index (Phi) is 8.29. The molecule has 0 unspecified atom stereocenters. The lowest BCUT2D eigenvalue weighted by Crippen LogP contribution is -2.28. The number of H-pyrrole nitrogens is 1. The van der Waals surface area contributed by atoms with Crippen LogP contribution < -0.4 is 10.3 Å². The van der Waals surface area contributed by atoms with Gasteiger partial charge in [-0.2, -0.15) is 0 Å². The van der Waals surface area contributed by atoms with Crippen molar-refractivity contribution >= 4 is 28.5 Å². The van der Waals surface area contributed by atoms with Crippen molar-refractivity contribution in [1.82, 2.24) is 30.1 Å². The first-order valence-electron chi connectivity index (χ1n) is 11.6. The molecule has 0 aliphatic heterocycles. The molecule has 0 aliphatic carbocycles. The number of tetrazole rings is 1. The molecule has 2 aromatic carbocycles. The van der Waals surface area contributed by atoms with Gasteiger partial charge in [0.15, 0.2) is 5.82 Å². The molecule has 36 heavy (non-hydrogen) atoms. The third-order valence-electron chi connectivity index (χ3n) is 5.50. The van der Waals surface area contributed by atoms with E-state index in [-0.39, 0.29) is 25.3 Å². The van der Waals surface area contributed by atoms with E-state index in [0.29, 0.717) is 36.1 Å². The summed E-state index contributed by atoms with van der Waals surface area (Å²) in [5.74, 6) is 0.764. The maximum absolute atomic E-state index is 12.9. The molecule has 188 valence electrons. The van der Waals surface area contributed by atoms with Gasteiger partial charge < -0.3 is 14.5 Å². The van der Waals surface area contributed by atoms with E-state index >= 15 is 0 Å². The Labute approximate surface area is 212 Å². The number of nitrogens with zero attached hydrogens (tertiary/aromatic N) is 5. The third kappa shape index (κ3) is 6.27. The lowest BCUT2D eigenvalue weighted by atomic mass is 10.1. The molecule has 0 aliphatic rings. The number of halogens is 1. The molecular weight excluding hydrogens is 484 g/mol. The first kappa shape index (κ1) is 25.3. The molecule has 0 radical (unpaired) electrons. The van der Waals surface area contributed by atoms with Crippen LogP contribution in [0.5, 0.6) is 5.75 Å². The van der Waals surface area contributed by atoms with E-state index in [1.54, 1.807) is 6.92 Å². The monoisotopic (exact) mass is 510 g/mol. The lowest BCUT2D eigenvalue weighted by Gasteiger charge is -2.22. The van der Waals surface area contributed by atoms with Crippen LogP contribution in [0.15, 0.2) is 53.3 Å². The summed E-state index contributed by atoms with van der Waals surface area (Å²) in [7, 11) is 0. The normalized spacial score (nSPS) is 11.2. The fourth-order valence-corrected chi connectivity index (χ4v) is 4.06. The van der Waals surface area contributed by atoms with Crippen LogP contribution in [0.2, 0.25) is 5.02 Å². The van der Waals surface area contributed by atoms with Crippen LogP contribution in [-0.2, 0) is 35.7 Å². The largest absolute Gasteiger partial charge is 0.494 e. The number of esters is 1. The van der Waals surface area contributed by atoms with Gasteiger partial charge in [-0.05, 0) is 60.2 Å². The van der Waals surface area contributed by atoms with Crippen molar-refractivity contribution in [2.45, 2.75) is 40.0 Å². The highest BCUT2D eigenvalue weighted by molar-refractivity contribution is 6.31. The molecule has 4 rings (SSSR count). The lowest BCUT2D eigenvalue weighted by molar-refractivity contribution is -0.144. The summed E-state index contributed by atoms with van der Waals surface area (Å²) in [5.41, 5.74) is 1.98. The number of nitrogens with one attached hydrogen (secondary N) is 1. The van der Waals surface area contributed by atoms with Crippen LogP contribution in [0.25, 0.3) is 10.9 Å². The molecule has 10 nitrogen and oxygen atoms in total. The summed E-state index contributed by atoms with van der Waals surface area (Å²) in [4.78, 5) is 29.9. The van der Waals surface area contributed by atoms with Crippen molar-refractivity contribution in [3.05, 3.63) is 80.9 Å². The Morgan fingerprint density at radius 1 is 1.06 bits per heavy atom. The number of aromatic nitrogens is 5. The van der Waals surface area contributed by atoms with Gasteiger partial charge in [0.25, 0.3) is 5.56 Å². The van der Waals surface area contributed by atoms with E-state index < -0.39 is 5.97 Å². The minimum absolute atomic E-state index is 0.104. The van der Waals surface area contributed by atoms with Crippen LogP contribution in [0.1, 0.15) is 30.8 Å². The number of ether oxygens (including phenoxy) is 2. The van der Waals surface area contributed by atoms with Crippen molar-refractivity contribution < 1.29 is 14.3 Å². The number of hydrogen-bond donors (Lipinski definition) is 1. The highest BCUT2D eigenvalue weighted by Gasteiger charge is 2.18. The number of aromatic amines is 1. The van der Waals surface area contributed by atoms with Crippen LogP contribution in [0.4, 0.5) is 0 Å². The molecule has 0 saturated heterocycles. The smallest absolute Gasteiger partial charge is 0.327 e. The van der Waals surface area contributed by atoms with E-state index in [2.05, 4.69) is 20.5 Å². The van der Waals surface area contributed by atoms with E-state index in [0.717, 1.165) is 22.2 Å². The molecule has 0 saturated carbocycles. The molecule has 4 aromatic rings. The third-order valence-corrected chi connectivity index (χ3v) is 5.87. The second-order valence-corrected chi connectivity index (χ2v) is 8.51. The summed E-state index contributed by atoms with van der Waals surface area (Å²) in [5, 5.41) is 13.2. The minimum Gasteiger partial charge on any atom is -0.494 e. The molecule has 0 spiro atoms. The van der Waals surface area contributed by atoms with Crippen molar-refractivity contribution in [2.24, 2.45) is 0 Å². The predicted octanol–water partition coefficient (Wildman–Crippen LogP) is 3.33. The summed E-state index contributed by atoms with van der Waals surface area (Å²) in [6.45, 7) is 5.37. The zero-order valence-electron chi connectivity index (χ0n) is 20.1. The first-order chi connectivity index (χ1) is 17.5. The molecule has 0 bridgehead atoms. The van der Waals surface area contributed by atoms with Gasteiger partial charge in [-0.25, -0.2) is 4.68 Å². The topological polar surface area (TPSA) is 115 Å². The van der Waals surface area contributed by atoms with Crippen molar-refractivity contribution in [2.75, 3.05) is 13.2 Å². The van der Waals surface area contributed by atoms with Gasteiger partial charge in [-0.15, -0.1) is 5.10 Å². The number of hydrogen-bond acceptors (Lipinski definition) is 8. The molecule has 11 heteroatoms. The second-order valence-electron chi connectivity index (χ2n) is 8.10.